The van der Waals surface area contributed by atoms with Crippen LogP contribution in [0.4, 0.5) is 4.79 Å². The van der Waals surface area contributed by atoms with Crippen molar-refractivity contribution in [2.24, 2.45) is 0 Å². The van der Waals surface area contributed by atoms with E-state index in [2.05, 4.69) is 5.32 Å². The first-order valence-electron chi connectivity index (χ1n) is 6.63. The molecule has 0 saturated carbocycles. The zero-order chi connectivity index (χ0) is 16.0. The van der Waals surface area contributed by atoms with Crippen molar-refractivity contribution in [1.29, 1.82) is 0 Å². The van der Waals surface area contributed by atoms with Crippen molar-refractivity contribution in [1.82, 2.24) is 5.32 Å². The van der Waals surface area contributed by atoms with Crippen molar-refractivity contribution < 1.29 is 19.4 Å². The number of carboxylic acids is 1. The molecule has 1 aromatic rings. The lowest BCUT2D eigenvalue weighted by Crippen LogP contribution is -2.48. The van der Waals surface area contributed by atoms with Gasteiger partial charge in [-0.05, 0) is 32.9 Å². The number of carbonyl (C=O) groups is 2. The number of hydrogen-bond donors (Lipinski definition) is 2. The molecule has 1 amide bonds. The Bertz CT molecular complexity index is 484. The normalized spacial score (nSPS) is 14.1. The maximum absolute atomic E-state index is 11.7. The Kier molecular flexibility index (Phi) is 6.08. The lowest BCUT2D eigenvalue weighted by Gasteiger charge is -2.24. The predicted molar refractivity (Wildman–Crippen MR) is 82.6 cm³/mol. The summed E-state index contributed by atoms with van der Waals surface area (Å²) in [6, 6.07) is 8.42. The fourth-order valence-corrected chi connectivity index (χ4v) is 2.66. The molecule has 0 aromatic heterocycles. The van der Waals surface area contributed by atoms with Gasteiger partial charge >= 0.3 is 12.1 Å². The average Bonchev–Trinajstić information content (AvgIpc) is 2.34. The van der Waals surface area contributed by atoms with E-state index in [1.54, 1.807) is 27.7 Å². The first-order chi connectivity index (χ1) is 9.69. The molecule has 0 aliphatic heterocycles. The van der Waals surface area contributed by atoms with Gasteiger partial charge in [0.05, 0.1) is 0 Å². The summed E-state index contributed by atoms with van der Waals surface area (Å²) >= 11 is 1.39. The van der Waals surface area contributed by atoms with Crippen molar-refractivity contribution in [2.75, 3.05) is 0 Å². The summed E-state index contributed by atoms with van der Waals surface area (Å²) in [4.78, 5) is 24.0. The van der Waals surface area contributed by atoms with E-state index in [-0.39, 0.29) is 5.25 Å². The first-order valence-corrected chi connectivity index (χ1v) is 7.51. The topological polar surface area (TPSA) is 75.6 Å². The quantitative estimate of drug-likeness (QED) is 0.817. The van der Waals surface area contributed by atoms with Gasteiger partial charge in [-0.25, -0.2) is 9.59 Å². The van der Waals surface area contributed by atoms with Crippen LogP contribution >= 0.6 is 11.8 Å². The van der Waals surface area contributed by atoms with E-state index in [1.165, 1.54) is 11.8 Å². The highest BCUT2D eigenvalue weighted by atomic mass is 32.2. The Morgan fingerprint density at radius 2 is 1.81 bits per heavy atom. The number of benzene rings is 1. The number of aliphatic carboxylic acids is 1. The molecule has 0 heterocycles. The molecule has 1 aromatic carbocycles. The third kappa shape index (κ3) is 6.53. The third-order valence-corrected chi connectivity index (χ3v) is 3.66. The van der Waals surface area contributed by atoms with Crippen molar-refractivity contribution in [3.05, 3.63) is 30.3 Å². The van der Waals surface area contributed by atoms with E-state index in [0.717, 1.165) is 4.90 Å². The second-order valence-electron chi connectivity index (χ2n) is 5.60. The fraction of sp³-hybridized carbons (Fsp3) is 0.467. The lowest BCUT2D eigenvalue weighted by molar-refractivity contribution is -0.139. The number of hydrogen-bond acceptors (Lipinski definition) is 4. The number of ether oxygens (including phenoxy) is 1. The summed E-state index contributed by atoms with van der Waals surface area (Å²) in [7, 11) is 0. The van der Waals surface area contributed by atoms with Crippen molar-refractivity contribution >= 4 is 23.8 Å². The molecular weight excluding hydrogens is 290 g/mol. The van der Waals surface area contributed by atoms with Crippen LogP contribution in [0.15, 0.2) is 35.2 Å². The molecule has 21 heavy (non-hydrogen) atoms. The van der Waals surface area contributed by atoms with Crippen LogP contribution < -0.4 is 5.32 Å². The summed E-state index contributed by atoms with van der Waals surface area (Å²) in [5.74, 6) is -1.09. The monoisotopic (exact) mass is 311 g/mol. The minimum Gasteiger partial charge on any atom is -0.480 e. The van der Waals surface area contributed by atoms with E-state index < -0.39 is 23.7 Å². The number of nitrogens with one attached hydrogen (secondary N) is 1. The maximum Gasteiger partial charge on any atom is 0.408 e. The van der Waals surface area contributed by atoms with Crippen LogP contribution in [0.2, 0.25) is 0 Å². The standard InChI is InChI=1S/C15H21NO4S/c1-10(21-11-8-6-5-7-9-11)12(13(17)18)16-14(19)20-15(2,3)4/h5-10,12H,1-4H3,(H,16,19)(H,17,18). The van der Waals surface area contributed by atoms with Crippen molar-refractivity contribution in [3.63, 3.8) is 0 Å². The molecule has 0 aliphatic rings. The number of carbonyl (C=O) groups excluding carboxylic acids is 1. The molecule has 2 N–H and O–H groups in total. The molecule has 0 aliphatic carbocycles. The molecule has 0 fully saturated rings. The Labute approximate surface area is 129 Å². The highest BCUT2D eigenvalue weighted by Gasteiger charge is 2.29. The fourth-order valence-electron chi connectivity index (χ4n) is 1.60. The highest BCUT2D eigenvalue weighted by Crippen LogP contribution is 2.25. The number of thioether (sulfide) groups is 1. The largest absolute Gasteiger partial charge is 0.480 e. The maximum atomic E-state index is 11.7. The molecule has 0 bridgehead atoms. The van der Waals surface area contributed by atoms with Crippen LogP contribution in [0.25, 0.3) is 0 Å². The van der Waals surface area contributed by atoms with E-state index in [0.29, 0.717) is 0 Å². The summed E-state index contributed by atoms with van der Waals surface area (Å²) in [6.07, 6.45) is -0.726. The second kappa shape index (κ2) is 7.36. The molecule has 6 heteroatoms. The van der Waals surface area contributed by atoms with Crippen LogP contribution in [0.1, 0.15) is 27.7 Å². The summed E-state index contributed by atoms with van der Waals surface area (Å²) in [5.41, 5.74) is -0.664. The van der Waals surface area contributed by atoms with Gasteiger partial charge in [0, 0.05) is 10.1 Å². The molecule has 5 nitrogen and oxygen atoms in total. The molecule has 116 valence electrons. The molecular formula is C15H21NO4S. The van der Waals surface area contributed by atoms with E-state index in [4.69, 9.17) is 4.74 Å². The molecule has 0 spiro atoms. The van der Waals surface area contributed by atoms with Crippen molar-refractivity contribution in [3.8, 4) is 0 Å². The van der Waals surface area contributed by atoms with Gasteiger partial charge in [-0.1, -0.05) is 25.1 Å². The van der Waals surface area contributed by atoms with Gasteiger partial charge in [-0.3, -0.25) is 0 Å². The SMILES string of the molecule is CC(Sc1ccccc1)C(NC(=O)OC(C)(C)C)C(=O)O. The van der Waals surface area contributed by atoms with Crippen LogP contribution in [0.3, 0.4) is 0 Å². The Morgan fingerprint density at radius 3 is 2.29 bits per heavy atom. The van der Waals surface area contributed by atoms with Crippen LogP contribution in [-0.4, -0.2) is 34.1 Å². The van der Waals surface area contributed by atoms with Gasteiger partial charge in [-0.2, -0.15) is 0 Å². The smallest absolute Gasteiger partial charge is 0.408 e. The number of carboxylic acid groups (broad SMARTS) is 1. The van der Waals surface area contributed by atoms with E-state index in [1.807, 2.05) is 30.3 Å². The van der Waals surface area contributed by atoms with E-state index in [9.17, 15) is 14.7 Å². The summed E-state index contributed by atoms with van der Waals surface area (Å²) < 4.78 is 5.10. The Balaban J connectivity index is 2.68. The average molecular weight is 311 g/mol. The zero-order valence-corrected chi connectivity index (χ0v) is 13.4. The van der Waals surface area contributed by atoms with Crippen LogP contribution in [0, 0.1) is 0 Å². The zero-order valence-electron chi connectivity index (χ0n) is 12.6. The summed E-state index contributed by atoms with van der Waals surface area (Å²) in [5, 5.41) is 11.4. The van der Waals surface area contributed by atoms with Crippen molar-refractivity contribution in [2.45, 2.75) is 49.5 Å². The van der Waals surface area contributed by atoms with Gasteiger partial charge in [-0.15, -0.1) is 11.8 Å². The lowest BCUT2D eigenvalue weighted by atomic mass is 10.2. The van der Waals surface area contributed by atoms with Gasteiger partial charge in [0.1, 0.15) is 11.6 Å². The third-order valence-electron chi connectivity index (χ3n) is 2.47. The minimum absolute atomic E-state index is 0.336. The van der Waals surface area contributed by atoms with Crippen LogP contribution in [-0.2, 0) is 9.53 Å². The molecule has 0 saturated heterocycles. The number of alkyl carbamates (subject to hydrolysis) is 1. The van der Waals surface area contributed by atoms with Gasteiger partial charge in [0.15, 0.2) is 0 Å². The highest BCUT2D eigenvalue weighted by molar-refractivity contribution is 8.00. The second-order valence-corrected chi connectivity index (χ2v) is 7.05. The molecule has 1 rings (SSSR count). The summed E-state index contributed by atoms with van der Waals surface area (Å²) in [6.45, 7) is 6.94. The van der Waals surface area contributed by atoms with Gasteiger partial charge in [0.25, 0.3) is 0 Å². The number of amides is 1. The van der Waals surface area contributed by atoms with E-state index >= 15 is 0 Å². The Morgan fingerprint density at radius 1 is 1.24 bits per heavy atom. The number of rotatable bonds is 5. The first kappa shape index (κ1) is 17.4. The molecule has 2 unspecified atom stereocenters. The van der Waals surface area contributed by atoms with Crippen LogP contribution in [0.5, 0.6) is 0 Å². The molecule has 0 radical (unpaired) electrons. The predicted octanol–water partition coefficient (Wildman–Crippen LogP) is 3.15. The Hall–Kier alpha value is -1.69. The molecule has 2 atom stereocenters. The minimum atomic E-state index is -1.09. The van der Waals surface area contributed by atoms with Gasteiger partial charge in [0.2, 0.25) is 0 Å². The van der Waals surface area contributed by atoms with Gasteiger partial charge < -0.3 is 15.2 Å².